The fourth-order valence-corrected chi connectivity index (χ4v) is 1.58. The Morgan fingerprint density at radius 1 is 1.29 bits per heavy atom. The summed E-state index contributed by atoms with van der Waals surface area (Å²) < 4.78 is 0. The zero-order chi connectivity index (χ0) is 10.6. The molecule has 0 saturated heterocycles. The van der Waals surface area contributed by atoms with Gasteiger partial charge in [0.1, 0.15) is 0 Å². The van der Waals surface area contributed by atoms with Crippen LogP contribution in [0.5, 0.6) is 0 Å². The molecule has 0 amide bonds. The molecule has 2 heteroatoms. The van der Waals surface area contributed by atoms with E-state index in [4.69, 9.17) is 5.11 Å². The van der Waals surface area contributed by atoms with E-state index in [9.17, 15) is 0 Å². The van der Waals surface area contributed by atoms with Crippen LogP contribution >= 0.6 is 0 Å². The van der Waals surface area contributed by atoms with Gasteiger partial charge in [-0.05, 0) is 37.5 Å². The Morgan fingerprint density at radius 2 is 2.00 bits per heavy atom. The predicted molar refractivity (Wildman–Crippen MR) is 60.9 cm³/mol. The first-order chi connectivity index (χ1) is 6.66. The van der Waals surface area contributed by atoms with Gasteiger partial charge in [-0.25, -0.2) is 0 Å². The summed E-state index contributed by atoms with van der Waals surface area (Å²) in [6, 6.07) is 6.32. The lowest BCUT2D eigenvalue weighted by atomic mass is 10.1. The van der Waals surface area contributed by atoms with Gasteiger partial charge in [0.15, 0.2) is 0 Å². The maximum Gasteiger partial charge on any atom is 0.0447 e. The Morgan fingerprint density at radius 3 is 2.64 bits per heavy atom. The largest absolute Gasteiger partial charge is 0.396 e. The summed E-state index contributed by atoms with van der Waals surface area (Å²) in [6.07, 6.45) is 0.823. The molecule has 0 spiro atoms. The van der Waals surface area contributed by atoms with Gasteiger partial charge in [0.05, 0.1) is 0 Å². The van der Waals surface area contributed by atoms with Crippen molar-refractivity contribution in [1.29, 1.82) is 0 Å². The maximum atomic E-state index is 8.76. The number of anilines is 1. The molecule has 0 aliphatic carbocycles. The lowest BCUT2D eigenvalue weighted by Crippen LogP contribution is -2.20. The van der Waals surface area contributed by atoms with E-state index in [0.29, 0.717) is 0 Å². The first kappa shape index (κ1) is 11.1. The minimum absolute atomic E-state index is 0.259. The number of hydrogen-bond donors (Lipinski definition) is 1. The number of aliphatic hydroxyl groups excluding tert-OH is 1. The molecular formula is C12H19NO. The van der Waals surface area contributed by atoms with Gasteiger partial charge in [0.2, 0.25) is 0 Å². The third kappa shape index (κ3) is 2.48. The van der Waals surface area contributed by atoms with Crippen molar-refractivity contribution in [1.82, 2.24) is 0 Å². The van der Waals surface area contributed by atoms with E-state index in [1.165, 1.54) is 16.8 Å². The van der Waals surface area contributed by atoms with Crippen LogP contribution in [0, 0.1) is 13.8 Å². The molecule has 1 aromatic rings. The molecule has 0 radical (unpaired) electrons. The minimum Gasteiger partial charge on any atom is -0.396 e. The number of aliphatic hydroxyl groups is 1. The van der Waals surface area contributed by atoms with Crippen LogP contribution in [0.2, 0.25) is 0 Å². The van der Waals surface area contributed by atoms with E-state index in [2.05, 4.69) is 44.0 Å². The van der Waals surface area contributed by atoms with E-state index in [0.717, 1.165) is 13.0 Å². The number of rotatable bonds is 4. The van der Waals surface area contributed by atoms with Crippen molar-refractivity contribution in [3.05, 3.63) is 29.3 Å². The molecule has 0 bridgehead atoms. The summed E-state index contributed by atoms with van der Waals surface area (Å²) in [4.78, 5) is 2.19. The zero-order valence-corrected chi connectivity index (χ0v) is 9.25. The highest BCUT2D eigenvalue weighted by Gasteiger charge is 2.04. The standard InChI is InChI=1S/C12H19NO/c1-10-6-4-7-12(11(10)2)13(3)8-5-9-14/h4,6-7,14H,5,8-9H2,1-3H3. The third-order valence-electron chi connectivity index (χ3n) is 2.64. The second kappa shape index (κ2) is 5.01. The van der Waals surface area contributed by atoms with Crippen molar-refractivity contribution in [3.8, 4) is 0 Å². The van der Waals surface area contributed by atoms with E-state index < -0.39 is 0 Å². The summed E-state index contributed by atoms with van der Waals surface area (Å²) in [7, 11) is 2.07. The summed E-state index contributed by atoms with van der Waals surface area (Å²) in [5.41, 5.74) is 3.91. The smallest absolute Gasteiger partial charge is 0.0447 e. The quantitative estimate of drug-likeness (QED) is 0.791. The van der Waals surface area contributed by atoms with Gasteiger partial charge in [-0.1, -0.05) is 12.1 Å². The fourth-order valence-electron chi connectivity index (χ4n) is 1.58. The molecule has 0 aromatic heterocycles. The molecule has 0 aliphatic rings. The summed E-state index contributed by atoms with van der Waals surface area (Å²) >= 11 is 0. The SMILES string of the molecule is Cc1cccc(N(C)CCCO)c1C. The maximum absolute atomic E-state index is 8.76. The Bertz CT molecular complexity index is 296. The lowest BCUT2D eigenvalue weighted by molar-refractivity contribution is 0.290. The van der Waals surface area contributed by atoms with Crippen molar-refractivity contribution in [2.24, 2.45) is 0 Å². The molecule has 14 heavy (non-hydrogen) atoms. The highest BCUT2D eigenvalue weighted by molar-refractivity contribution is 5.55. The number of hydrogen-bond acceptors (Lipinski definition) is 2. The highest BCUT2D eigenvalue weighted by Crippen LogP contribution is 2.21. The van der Waals surface area contributed by atoms with Gasteiger partial charge in [0, 0.05) is 25.9 Å². The number of aryl methyl sites for hydroxylation is 1. The van der Waals surface area contributed by atoms with Gasteiger partial charge in [0.25, 0.3) is 0 Å². The van der Waals surface area contributed by atoms with Gasteiger partial charge in [-0.2, -0.15) is 0 Å². The van der Waals surface area contributed by atoms with E-state index in [1.54, 1.807) is 0 Å². The predicted octanol–water partition coefficient (Wildman–Crippen LogP) is 2.12. The Balaban J connectivity index is 2.79. The fraction of sp³-hybridized carbons (Fsp3) is 0.500. The number of benzene rings is 1. The van der Waals surface area contributed by atoms with Gasteiger partial charge >= 0.3 is 0 Å². The van der Waals surface area contributed by atoms with Crippen molar-refractivity contribution in [2.45, 2.75) is 20.3 Å². The highest BCUT2D eigenvalue weighted by atomic mass is 16.3. The van der Waals surface area contributed by atoms with Crippen molar-refractivity contribution >= 4 is 5.69 Å². The van der Waals surface area contributed by atoms with Gasteiger partial charge in [-0.3, -0.25) is 0 Å². The second-order valence-corrected chi connectivity index (χ2v) is 3.72. The molecule has 0 saturated carbocycles. The molecule has 0 aliphatic heterocycles. The van der Waals surface area contributed by atoms with Crippen LogP contribution in [0.1, 0.15) is 17.5 Å². The first-order valence-corrected chi connectivity index (χ1v) is 5.05. The molecule has 0 unspecified atom stereocenters. The van der Waals surface area contributed by atoms with Crippen LogP contribution < -0.4 is 4.90 Å². The molecular weight excluding hydrogens is 174 g/mol. The average Bonchev–Trinajstić information content (AvgIpc) is 2.18. The van der Waals surface area contributed by atoms with Crippen molar-refractivity contribution in [2.75, 3.05) is 25.1 Å². The summed E-state index contributed by atoms with van der Waals surface area (Å²) in [5.74, 6) is 0. The summed E-state index contributed by atoms with van der Waals surface area (Å²) in [6.45, 7) is 5.43. The topological polar surface area (TPSA) is 23.5 Å². The number of nitrogens with zero attached hydrogens (tertiary/aromatic N) is 1. The zero-order valence-electron chi connectivity index (χ0n) is 9.25. The first-order valence-electron chi connectivity index (χ1n) is 5.05. The molecule has 1 N–H and O–H groups in total. The average molecular weight is 193 g/mol. The molecule has 1 aromatic carbocycles. The molecule has 1 rings (SSSR count). The normalized spacial score (nSPS) is 10.3. The van der Waals surface area contributed by atoms with Gasteiger partial charge < -0.3 is 10.0 Å². The molecule has 2 nitrogen and oxygen atoms in total. The molecule has 0 fully saturated rings. The molecule has 0 atom stereocenters. The van der Waals surface area contributed by atoms with Crippen molar-refractivity contribution in [3.63, 3.8) is 0 Å². The second-order valence-electron chi connectivity index (χ2n) is 3.72. The molecule has 0 heterocycles. The van der Waals surface area contributed by atoms with E-state index in [1.807, 2.05) is 0 Å². The van der Waals surface area contributed by atoms with Crippen LogP contribution in [-0.2, 0) is 0 Å². The van der Waals surface area contributed by atoms with Crippen molar-refractivity contribution < 1.29 is 5.11 Å². The Kier molecular flexibility index (Phi) is 3.96. The minimum atomic E-state index is 0.259. The van der Waals surface area contributed by atoms with Crippen LogP contribution in [0.25, 0.3) is 0 Å². The molecule has 78 valence electrons. The van der Waals surface area contributed by atoms with Crippen LogP contribution in [0.3, 0.4) is 0 Å². The summed E-state index contributed by atoms with van der Waals surface area (Å²) in [5, 5.41) is 8.76. The monoisotopic (exact) mass is 193 g/mol. The van der Waals surface area contributed by atoms with E-state index in [-0.39, 0.29) is 6.61 Å². The van der Waals surface area contributed by atoms with E-state index >= 15 is 0 Å². The van der Waals surface area contributed by atoms with Crippen LogP contribution in [0.15, 0.2) is 18.2 Å². The van der Waals surface area contributed by atoms with Crippen LogP contribution in [0.4, 0.5) is 5.69 Å². The lowest BCUT2D eigenvalue weighted by Gasteiger charge is -2.21. The third-order valence-corrected chi connectivity index (χ3v) is 2.64. The van der Waals surface area contributed by atoms with Crippen LogP contribution in [-0.4, -0.2) is 25.3 Å². The Labute approximate surface area is 86.2 Å². The Hall–Kier alpha value is -1.02. The van der Waals surface area contributed by atoms with Gasteiger partial charge in [-0.15, -0.1) is 0 Å².